The van der Waals surface area contributed by atoms with Crippen LogP contribution in [0.25, 0.3) is 0 Å². The summed E-state index contributed by atoms with van der Waals surface area (Å²) in [5.41, 5.74) is 0. The van der Waals surface area contributed by atoms with Gasteiger partial charge in [0.15, 0.2) is 5.82 Å². The summed E-state index contributed by atoms with van der Waals surface area (Å²) in [6.07, 6.45) is 2.13. The first-order chi connectivity index (χ1) is 7.54. The van der Waals surface area contributed by atoms with Gasteiger partial charge in [-0.3, -0.25) is 4.79 Å². The van der Waals surface area contributed by atoms with Crippen LogP contribution in [-0.4, -0.2) is 33.6 Å². The quantitative estimate of drug-likeness (QED) is 0.821. The summed E-state index contributed by atoms with van der Waals surface area (Å²) < 4.78 is 12.6. The number of carboxylic acids is 1. The Morgan fingerprint density at radius 2 is 2.12 bits per heavy atom. The predicted octanol–water partition coefficient (Wildman–Crippen LogP) is 1.31. The molecule has 1 atom stereocenters. The summed E-state index contributed by atoms with van der Waals surface area (Å²) in [7, 11) is 0. The molecule has 0 saturated heterocycles. The van der Waals surface area contributed by atoms with Crippen LogP contribution in [-0.2, 0) is 4.79 Å². The lowest BCUT2D eigenvalue weighted by Crippen LogP contribution is -2.35. The molecule has 88 valence electrons. The van der Waals surface area contributed by atoms with Gasteiger partial charge in [-0.2, -0.15) is 0 Å². The molecule has 1 aromatic heterocycles. The summed E-state index contributed by atoms with van der Waals surface area (Å²) in [5.74, 6) is -1.04. The molecule has 1 unspecified atom stereocenters. The van der Waals surface area contributed by atoms with Crippen molar-refractivity contribution in [2.24, 2.45) is 0 Å². The van der Waals surface area contributed by atoms with Crippen molar-refractivity contribution in [1.29, 1.82) is 0 Å². The molecule has 6 heteroatoms. The molecule has 0 aliphatic heterocycles. The standard InChI is InChI=1S/C10H14FN3O2/c1-3-14(7(2)4-9(15)16)10-12-5-8(11)6-13-10/h5-7H,3-4H2,1-2H3,(H,15,16). The maximum atomic E-state index is 12.6. The Labute approximate surface area is 92.9 Å². The number of hydrogen-bond acceptors (Lipinski definition) is 4. The van der Waals surface area contributed by atoms with Crippen molar-refractivity contribution in [3.8, 4) is 0 Å². The normalized spacial score (nSPS) is 12.2. The van der Waals surface area contributed by atoms with Gasteiger partial charge in [-0.1, -0.05) is 0 Å². The van der Waals surface area contributed by atoms with Crippen LogP contribution < -0.4 is 4.90 Å². The number of carbonyl (C=O) groups is 1. The summed E-state index contributed by atoms with van der Waals surface area (Å²) in [5, 5.41) is 8.69. The van der Waals surface area contributed by atoms with Gasteiger partial charge in [0.05, 0.1) is 18.8 Å². The molecule has 0 bridgehead atoms. The van der Waals surface area contributed by atoms with E-state index in [9.17, 15) is 9.18 Å². The van der Waals surface area contributed by atoms with Gasteiger partial charge in [-0.05, 0) is 13.8 Å². The van der Waals surface area contributed by atoms with Gasteiger partial charge < -0.3 is 10.0 Å². The number of rotatable bonds is 5. The van der Waals surface area contributed by atoms with Crippen molar-refractivity contribution in [2.45, 2.75) is 26.3 Å². The zero-order valence-corrected chi connectivity index (χ0v) is 9.22. The SMILES string of the molecule is CCN(c1ncc(F)cn1)C(C)CC(=O)O. The minimum atomic E-state index is -0.881. The Balaban J connectivity index is 2.81. The van der Waals surface area contributed by atoms with Gasteiger partial charge in [0, 0.05) is 12.6 Å². The van der Waals surface area contributed by atoms with E-state index in [2.05, 4.69) is 9.97 Å². The third kappa shape index (κ3) is 3.15. The maximum absolute atomic E-state index is 12.6. The molecule has 0 aromatic carbocycles. The van der Waals surface area contributed by atoms with E-state index in [0.717, 1.165) is 12.4 Å². The molecule has 0 spiro atoms. The van der Waals surface area contributed by atoms with E-state index in [1.54, 1.807) is 11.8 Å². The van der Waals surface area contributed by atoms with Crippen LogP contribution in [0.2, 0.25) is 0 Å². The molecule has 0 saturated carbocycles. The fraction of sp³-hybridized carbons (Fsp3) is 0.500. The highest BCUT2D eigenvalue weighted by Gasteiger charge is 2.17. The first-order valence-corrected chi connectivity index (χ1v) is 5.00. The molecule has 0 amide bonds. The summed E-state index contributed by atoms with van der Waals surface area (Å²) in [6.45, 7) is 4.20. The number of aliphatic carboxylic acids is 1. The van der Waals surface area contributed by atoms with Gasteiger partial charge in [-0.15, -0.1) is 0 Å². The lowest BCUT2D eigenvalue weighted by molar-refractivity contribution is -0.137. The molecular formula is C10H14FN3O2. The first-order valence-electron chi connectivity index (χ1n) is 5.00. The van der Waals surface area contributed by atoms with Gasteiger partial charge in [0.25, 0.3) is 0 Å². The fourth-order valence-corrected chi connectivity index (χ4v) is 1.47. The summed E-state index contributed by atoms with van der Waals surface area (Å²) >= 11 is 0. The third-order valence-corrected chi connectivity index (χ3v) is 2.21. The van der Waals surface area contributed by atoms with Crippen molar-refractivity contribution >= 4 is 11.9 Å². The van der Waals surface area contributed by atoms with Crippen molar-refractivity contribution in [3.63, 3.8) is 0 Å². The number of hydrogen-bond donors (Lipinski definition) is 1. The predicted molar refractivity (Wildman–Crippen MR) is 56.7 cm³/mol. The van der Waals surface area contributed by atoms with E-state index in [4.69, 9.17) is 5.11 Å². The van der Waals surface area contributed by atoms with Crippen LogP contribution in [0.1, 0.15) is 20.3 Å². The second-order valence-corrected chi connectivity index (χ2v) is 3.43. The van der Waals surface area contributed by atoms with Crippen LogP contribution in [0, 0.1) is 5.82 Å². The van der Waals surface area contributed by atoms with Crippen molar-refractivity contribution in [3.05, 3.63) is 18.2 Å². The molecule has 0 aliphatic rings. The molecule has 0 radical (unpaired) electrons. The van der Waals surface area contributed by atoms with Crippen molar-refractivity contribution in [1.82, 2.24) is 9.97 Å². The van der Waals surface area contributed by atoms with Crippen molar-refractivity contribution < 1.29 is 14.3 Å². The van der Waals surface area contributed by atoms with E-state index in [1.807, 2.05) is 6.92 Å². The van der Waals surface area contributed by atoms with E-state index in [0.29, 0.717) is 12.5 Å². The van der Waals surface area contributed by atoms with Crippen LogP contribution in [0.3, 0.4) is 0 Å². The van der Waals surface area contributed by atoms with Gasteiger partial charge in [-0.25, -0.2) is 14.4 Å². The van der Waals surface area contributed by atoms with Gasteiger partial charge >= 0.3 is 5.97 Å². The van der Waals surface area contributed by atoms with E-state index in [1.165, 1.54) is 0 Å². The molecule has 1 rings (SSSR count). The largest absolute Gasteiger partial charge is 0.481 e. The Morgan fingerprint density at radius 3 is 2.56 bits per heavy atom. The highest BCUT2D eigenvalue weighted by molar-refractivity contribution is 5.68. The summed E-state index contributed by atoms with van der Waals surface area (Å²) in [4.78, 5) is 20.0. The lowest BCUT2D eigenvalue weighted by Gasteiger charge is -2.26. The monoisotopic (exact) mass is 227 g/mol. The molecule has 1 heterocycles. The van der Waals surface area contributed by atoms with Crippen molar-refractivity contribution in [2.75, 3.05) is 11.4 Å². The molecular weight excluding hydrogens is 213 g/mol. The van der Waals surface area contributed by atoms with Crippen LogP contribution in [0.15, 0.2) is 12.4 Å². The van der Waals surface area contributed by atoms with E-state index >= 15 is 0 Å². The minimum absolute atomic E-state index is 0.00538. The highest BCUT2D eigenvalue weighted by atomic mass is 19.1. The first kappa shape index (κ1) is 12.4. The lowest BCUT2D eigenvalue weighted by atomic mass is 10.2. The zero-order valence-electron chi connectivity index (χ0n) is 9.22. The van der Waals surface area contributed by atoms with E-state index < -0.39 is 11.8 Å². The molecule has 0 aliphatic carbocycles. The van der Waals surface area contributed by atoms with Gasteiger partial charge in [0.2, 0.25) is 5.95 Å². The Kier molecular flexibility index (Phi) is 4.16. The number of anilines is 1. The van der Waals surface area contributed by atoms with Crippen LogP contribution in [0.4, 0.5) is 10.3 Å². The fourth-order valence-electron chi connectivity index (χ4n) is 1.47. The second-order valence-electron chi connectivity index (χ2n) is 3.43. The minimum Gasteiger partial charge on any atom is -0.481 e. The molecule has 0 fully saturated rings. The van der Waals surface area contributed by atoms with Crippen LogP contribution >= 0.6 is 0 Å². The smallest absolute Gasteiger partial charge is 0.305 e. The maximum Gasteiger partial charge on any atom is 0.305 e. The Bertz CT molecular complexity index is 356. The summed E-state index contributed by atoms with van der Waals surface area (Å²) in [6, 6.07) is -0.229. The zero-order chi connectivity index (χ0) is 12.1. The molecule has 5 nitrogen and oxygen atoms in total. The third-order valence-electron chi connectivity index (χ3n) is 2.21. The molecule has 16 heavy (non-hydrogen) atoms. The number of nitrogens with zero attached hydrogens (tertiary/aromatic N) is 3. The van der Waals surface area contributed by atoms with Gasteiger partial charge in [0.1, 0.15) is 0 Å². The second kappa shape index (κ2) is 5.39. The topological polar surface area (TPSA) is 66.3 Å². The number of carboxylic acid groups (broad SMARTS) is 1. The Morgan fingerprint density at radius 1 is 1.56 bits per heavy atom. The average Bonchev–Trinajstić information content (AvgIpc) is 2.21. The highest BCUT2D eigenvalue weighted by Crippen LogP contribution is 2.12. The molecule has 1 aromatic rings. The Hall–Kier alpha value is -1.72. The number of aromatic nitrogens is 2. The van der Waals surface area contributed by atoms with Crippen LogP contribution in [0.5, 0.6) is 0 Å². The average molecular weight is 227 g/mol. The number of halogens is 1. The molecule has 1 N–H and O–H groups in total. The van der Waals surface area contributed by atoms with E-state index in [-0.39, 0.29) is 12.5 Å².